The van der Waals surface area contributed by atoms with E-state index in [0.29, 0.717) is 0 Å². The summed E-state index contributed by atoms with van der Waals surface area (Å²) in [5, 5.41) is 0. The first-order valence-corrected chi connectivity index (χ1v) is 0. The molecule has 0 saturated carbocycles. The summed E-state index contributed by atoms with van der Waals surface area (Å²) in [6.45, 7) is 0. The summed E-state index contributed by atoms with van der Waals surface area (Å²) in [6, 6.07) is 0. The second-order valence-corrected chi connectivity index (χ2v) is 0. The number of rotatable bonds is 0. The van der Waals surface area contributed by atoms with Crippen molar-refractivity contribution < 1.29 is 65.1 Å². The van der Waals surface area contributed by atoms with E-state index in [1.165, 1.54) is 0 Å². The average Bonchev–Trinajstić information content (AvgIpc) is 0. The van der Waals surface area contributed by atoms with Crippen molar-refractivity contribution in [3.05, 3.63) is 0 Å². The molecule has 0 aromatic rings. The Morgan fingerprint density at radius 1 is 0.333 bits per heavy atom. The van der Waals surface area contributed by atoms with Gasteiger partial charge in [-0.05, 0) is 0 Å². The Kier molecular flexibility index (Phi) is 5310. The molecule has 10 radical (unpaired) electrons. The maximum Gasteiger partial charge on any atom is 0 e. The topological polar surface area (TPSA) is 142 Å². The Labute approximate surface area is 64.9 Å². The summed E-state index contributed by atoms with van der Waals surface area (Å²) >= 11 is 0. The van der Waals surface area contributed by atoms with Gasteiger partial charge in [0.15, 0.2) is 0 Å². The predicted octanol–water partition coefficient (Wildman–Crippen LogP) is -0.594. The summed E-state index contributed by atoms with van der Waals surface area (Å²) in [7, 11) is 0. The summed E-state index contributed by atoms with van der Waals surface area (Å²) in [5.74, 6) is 0. The Hall–Kier alpha value is 1.06. The molecule has 0 aliphatic carbocycles. The molecule has 0 amide bonds. The van der Waals surface area contributed by atoms with Crippen molar-refractivity contribution in [2.45, 2.75) is 0 Å². The van der Waals surface area contributed by atoms with E-state index in [0.717, 1.165) is 0 Å². The zero-order valence-corrected chi connectivity index (χ0v) is 3.10. The minimum Gasteiger partial charge on any atom is 0 e. The Morgan fingerprint density at radius 2 is 0.333 bits per heavy atom. The van der Waals surface area contributed by atoms with Crippen molar-refractivity contribution in [1.82, 2.24) is 0 Å². The van der Waals surface area contributed by atoms with Crippen LogP contribution in [0.2, 0.25) is 0 Å². The molecule has 0 saturated heterocycles. The maximum absolute atomic E-state index is 0. The molecule has 6 heteroatoms. The van der Waals surface area contributed by atoms with E-state index < -0.39 is 0 Å². The fraction of sp³-hybridized carbons (Fsp3) is 0. The van der Waals surface area contributed by atoms with E-state index in [1.807, 2.05) is 0 Å². The van der Waals surface area contributed by atoms with Gasteiger partial charge in [0.05, 0.1) is 0 Å². The van der Waals surface area contributed by atoms with E-state index in [-0.39, 0.29) is 65.1 Å². The molecule has 0 aliphatic rings. The number of hydrogen-bond acceptors (Lipinski definition) is 0. The van der Waals surface area contributed by atoms with Gasteiger partial charge in [-0.1, -0.05) is 0 Å². The van der Waals surface area contributed by atoms with Crippen LogP contribution in [-0.4, -0.2) is 0 Å². The third kappa shape index (κ3) is 74.3. The van der Waals surface area contributed by atoms with Crippen LogP contribution in [0, 0.1) is 37.7 Å². The molecule has 5 nitrogen and oxygen atoms in total. The van der Waals surface area contributed by atoms with Crippen LogP contribution >= 0.6 is 0 Å². The van der Waals surface area contributed by atoms with Crippen molar-refractivity contribution in [3.8, 4) is 0 Å². The third-order valence-electron chi connectivity index (χ3n) is 0. The van der Waals surface area contributed by atoms with Gasteiger partial charge < -0.3 is 0 Å². The first kappa shape index (κ1) is 231. The van der Waals surface area contributed by atoms with Gasteiger partial charge in [-0.25, -0.2) is 0 Å². The maximum atomic E-state index is 0. The normalized spacial score (nSPS) is 0. The first-order valence-electron chi connectivity index (χ1n) is 0. The van der Waals surface area contributed by atoms with Crippen molar-refractivity contribution in [1.29, 1.82) is 0 Å². The van der Waals surface area contributed by atoms with Gasteiger partial charge >= 0.3 is 0 Å². The standard InChI is InChI=1S/Ar.5O. The van der Waals surface area contributed by atoms with Crippen LogP contribution in [0.15, 0.2) is 0 Å². The van der Waals surface area contributed by atoms with Crippen LogP contribution in [0.5, 0.6) is 0 Å². The van der Waals surface area contributed by atoms with E-state index >= 15 is 0 Å². The first-order chi connectivity index (χ1) is 0. The molecule has 0 aromatic heterocycles. The van der Waals surface area contributed by atoms with Gasteiger partial charge in [0, 0.05) is 65.1 Å². The summed E-state index contributed by atoms with van der Waals surface area (Å²) in [4.78, 5) is 0. The Bertz CT molecular complexity index is 3.90. The quantitative estimate of drug-likeness (QED) is 0.402. The van der Waals surface area contributed by atoms with Gasteiger partial charge in [0.1, 0.15) is 0 Å². The molecule has 0 unspecified atom stereocenters. The zero-order valence-electron chi connectivity index (χ0n) is 2.39. The molecule has 0 bridgehead atoms. The van der Waals surface area contributed by atoms with Crippen molar-refractivity contribution in [3.63, 3.8) is 0 Å². The molecular weight excluding hydrogens is 120 g/mol. The fourth-order valence-electron chi connectivity index (χ4n) is 0. The van der Waals surface area contributed by atoms with Gasteiger partial charge in [-0.15, -0.1) is 0 Å². The van der Waals surface area contributed by atoms with Crippen LogP contribution in [0.1, 0.15) is 0 Å². The van der Waals surface area contributed by atoms with Gasteiger partial charge in [-0.2, -0.15) is 0 Å². The minimum atomic E-state index is 0. The molecule has 0 rings (SSSR count). The monoisotopic (exact) mass is 120 g/mol. The molecule has 0 atom stereocenters. The second kappa shape index (κ2) is 138. The predicted molar refractivity (Wildman–Crippen MR) is 3.43 cm³/mol. The molecule has 0 N–H and O–H groups in total. The second-order valence-electron chi connectivity index (χ2n) is 0. The zero-order chi connectivity index (χ0) is 0. The van der Waals surface area contributed by atoms with Crippen LogP contribution in [0.4, 0.5) is 0 Å². The van der Waals surface area contributed by atoms with Gasteiger partial charge in [0.2, 0.25) is 0 Å². The van der Waals surface area contributed by atoms with Crippen molar-refractivity contribution in [2.75, 3.05) is 0 Å². The minimum absolute atomic E-state index is 0. The average molecular weight is 120 g/mol. The molecule has 0 fully saturated rings. The molecular formula is ArO5. The molecule has 0 aliphatic heterocycles. The summed E-state index contributed by atoms with van der Waals surface area (Å²) < 4.78 is 0. The molecule has 0 spiro atoms. The van der Waals surface area contributed by atoms with E-state index in [9.17, 15) is 0 Å². The SMILES string of the molecule is [Ar].[O].[O].[O].[O].[O]. The summed E-state index contributed by atoms with van der Waals surface area (Å²) in [6.07, 6.45) is 0. The van der Waals surface area contributed by atoms with E-state index in [1.54, 1.807) is 0 Å². The molecule has 6 heavy (non-hydrogen) atoms. The van der Waals surface area contributed by atoms with E-state index in [2.05, 4.69) is 0 Å². The Balaban J connectivity index is 0. The van der Waals surface area contributed by atoms with Crippen LogP contribution in [-0.2, 0) is 27.4 Å². The Morgan fingerprint density at radius 3 is 0.333 bits per heavy atom. The van der Waals surface area contributed by atoms with Gasteiger partial charge in [-0.3, -0.25) is 0 Å². The largest absolute Gasteiger partial charge is 0 e. The molecule has 0 heterocycles. The van der Waals surface area contributed by atoms with Crippen LogP contribution in [0.25, 0.3) is 0 Å². The summed E-state index contributed by atoms with van der Waals surface area (Å²) in [5.41, 5.74) is 0. The van der Waals surface area contributed by atoms with Crippen LogP contribution in [0.3, 0.4) is 0 Å². The van der Waals surface area contributed by atoms with Crippen molar-refractivity contribution >= 4 is 0 Å². The third-order valence-corrected chi connectivity index (χ3v) is 0. The molecule has 38 valence electrons. The van der Waals surface area contributed by atoms with Gasteiger partial charge in [0.25, 0.3) is 0 Å². The van der Waals surface area contributed by atoms with Crippen molar-refractivity contribution in [2.24, 2.45) is 0 Å². The van der Waals surface area contributed by atoms with E-state index in [4.69, 9.17) is 0 Å². The molecule has 0 aromatic carbocycles. The smallest absolute Gasteiger partial charge is 0 e. The number of hydrogen-bond donors (Lipinski definition) is 0. The van der Waals surface area contributed by atoms with Crippen LogP contribution < -0.4 is 0 Å². The fourth-order valence-corrected chi connectivity index (χ4v) is 0.